The Morgan fingerprint density at radius 3 is 1.43 bits per heavy atom. The number of carbonyl (C=O) groups is 11. The Morgan fingerprint density at radius 2 is 0.950 bits per heavy atom. The molecule has 11 amide bonds. The molecule has 0 aromatic rings. The van der Waals surface area contributed by atoms with E-state index in [1.165, 1.54) is 54.2 Å². The minimum atomic E-state index is -1.09. The lowest BCUT2D eigenvalue weighted by Gasteiger charge is -2.32. The third-order valence-corrected chi connectivity index (χ3v) is 9.66. The van der Waals surface area contributed by atoms with Crippen LogP contribution in [0.3, 0.4) is 0 Å². The minimum Gasteiger partial charge on any atom is -0.345 e. The summed E-state index contributed by atoms with van der Waals surface area (Å²) in [6.07, 6.45) is 4.70. The Hall–Kier alpha value is -6.09. The van der Waals surface area contributed by atoms with Crippen molar-refractivity contribution in [3.05, 3.63) is 12.2 Å². The fourth-order valence-electron chi connectivity index (χ4n) is 5.54. The first-order chi connectivity index (χ1) is 28.0. The molecule has 3 atom stereocenters. The van der Waals surface area contributed by atoms with Crippen molar-refractivity contribution < 1.29 is 52.7 Å². The van der Waals surface area contributed by atoms with Gasteiger partial charge in [-0.15, -0.1) is 0 Å². The third kappa shape index (κ3) is 17.8. The van der Waals surface area contributed by atoms with E-state index in [0.717, 1.165) is 29.4 Å². The molecule has 336 valence electrons. The van der Waals surface area contributed by atoms with Crippen LogP contribution in [0.15, 0.2) is 12.2 Å². The highest BCUT2D eigenvalue weighted by atomic mass is 16.2. The van der Waals surface area contributed by atoms with Crippen LogP contribution in [-0.2, 0) is 52.7 Å². The number of allylic oxidation sites excluding steroid dienone is 2. The zero-order valence-corrected chi connectivity index (χ0v) is 36.5. The second-order valence-corrected chi connectivity index (χ2v) is 14.9. The van der Waals surface area contributed by atoms with Crippen molar-refractivity contribution in [1.82, 2.24) is 55.6 Å². The van der Waals surface area contributed by atoms with Gasteiger partial charge in [0.25, 0.3) is 0 Å². The Balaban J connectivity index is 3.34. The van der Waals surface area contributed by atoms with Crippen LogP contribution >= 0.6 is 0 Å². The van der Waals surface area contributed by atoms with Crippen LogP contribution in [0.2, 0.25) is 0 Å². The van der Waals surface area contributed by atoms with E-state index < -0.39 is 136 Å². The van der Waals surface area contributed by atoms with Gasteiger partial charge in [0.15, 0.2) is 0 Å². The third-order valence-electron chi connectivity index (χ3n) is 9.66. The highest BCUT2D eigenvalue weighted by Crippen LogP contribution is 2.17. The quantitative estimate of drug-likeness (QED) is 0.193. The molecule has 1 saturated heterocycles. The maximum atomic E-state index is 13.9. The molecule has 0 saturated carbocycles. The lowest BCUT2D eigenvalue weighted by Crippen LogP contribution is -2.56. The van der Waals surface area contributed by atoms with E-state index >= 15 is 0 Å². The first-order valence-corrected chi connectivity index (χ1v) is 19.4. The summed E-state index contributed by atoms with van der Waals surface area (Å²) in [6.45, 7) is 1.08. The molecule has 1 heterocycles. The summed E-state index contributed by atoms with van der Waals surface area (Å²) in [5, 5.41) is 9.70. The number of hydrogen-bond acceptors (Lipinski definition) is 11. The van der Waals surface area contributed by atoms with Gasteiger partial charge in [-0.25, -0.2) is 0 Å². The summed E-state index contributed by atoms with van der Waals surface area (Å²) in [6, 6.07) is -2.16. The van der Waals surface area contributed by atoms with Crippen molar-refractivity contribution in [2.24, 2.45) is 5.92 Å². The molecule has 4 N–H and O–H groups in total. The molecule has 1 aliphatic rings. The fourth-order valence-corrected chi connectivity index (χ4v) is 5.54. The van der Waals surface area contributed by atoms with Gasteiger partial charge < -0.3 is 55.6 Å². The van der Waals surface area contributed by atoms with Crippen LogP contribution in [0.4, 0.5) is 0 Å². The van der Waals surface area contributed by atoms with Gasteiger partial charge in [0, 0.05) is 49.3 Å². The number of amides is 11. The first kappa shape index (κ1) is 51.9. The lowest BCUT2D eigenvalue weighted by molar-refractivity contribution is -0.146. The summed E-state index contributed by atoms with van der Waals surface area (Å²) in [7, 11) is 9.39. The molecule has 0 bridgehead atoms. The van der Waals surface area contributed by atoms with Crippen LogP contribution in [0, 0.1) is 5.92 Å². The molecule has 1 aliphatic heterocycles. The van der Waals surface area contributed by atoms with Crippen molar-refractivity contribution in [3.63, 3.8) is 0 Å². The molecule has 1 fully saturated rings. The molecule has 22 nitrogen and oxygen atoms in total. The predicted octanol–water partition coefficient (Wildman–Crippen LogP) is -4.19. The number of hydrogen-bond donors (Lipinski definition) is 4. The van der Waals surface area contributed by atoms with Crippen molar-refractivity contribution in [3.8, 4) is 0 Å². The molecule has 0 aromatic carbocycles. The average molecular weight is 850 g/mol. The van der Waals surface area contributed by atoms with Crippen molar-refractivity contribution in [1.29, 1.82) is 0 Å². The SMILES string of the molecule is C/C=C/C[C@@H](C)C[C@H]1C(=O)N[C@@H](CC)C(=O)N(C)CC(=O)N(C)CC(=O)NCC(=O)N(C)CC(=O)NCC(=O)NCC(=O)N(C)CC(=O)N(C)CC(=O)N(C)CC(=O)N1C. The van der Waals surface area contributed by atoms with Gasteiger partial charge in [-0.3, -0.25) is 52.7 Å². The van der Waals surface area contributed by atoms with Gasteiger partial charge in [-0.1, -0.05) is 26.0 Å². The van der Waals surface area contributed by atoms with Crippen LogP contribution < -0.4 is 21.3 Å². The Bertz CT molecular complexity index is 1640. The number of carbonyl (C=O) groups excluding carboxylic acids is 11. The van der Waals surface area contributed by atoms with Gasteiger partial charge in [-0.05, 0) is 32.1 Å². The van der Waals surface area contributed by atoms with E-state index in [9.17, 15) is 52.7 Å². The fraction of sp³-hybridized carbons (Fsp3) is 0.658. The number of rotatable bonds is 5. The molecule has 60 heavy (non-hydrogen) atoms. The molecular formula is C38H63N11O11. The molecule has 0 aliphatic carbocycles. The summed E-state index contributed by atoms with van der Waals surface area (Å²) in [4.78, 5) is 150. The van der Waals surface area contributed by atoms with E-state index in [1.54, 1.807) is 6.92 Å². The number of nitrogens with zero attached hydrogens (tertiary/aromatic N) is 7. The van der Waals surface area contributed by atoms with E-state index in [0.29, 0.717) is 6.42 Å². The first-order valence-electron chi connectivity index (χ1n) is 19.4. The maximum Gasteiger partial charge on any atom is 0.245 e. The van der Waals surface area contributed by atoms with Gasteiger partial charge >= 0.3 is 0 Å². The molecule has 1 rings (SSSR count). The van der Waals surface area contributed by atoms with Gasteiger partial charge in [0.1, 0.15) is 12.1 Å². The Kier molecular flexibility index (Phi) is 22.0. The highest BCUT2D eigenvalue weighted by molar-refractivity contribution is 5.96. The largest absolute Gasteiger partial charge is 0.345 e. The van der Waals surface area contributed by atoms with Crippen LogP contribution in [0.1, 0.15) is 40.0 Å². The lowest BCUT2D eigenvalue weighted by atomic mass is 9.96. The van der Waals surface area contributed by atoms with E-state index in [4.69, 9.17) is 0 Å². The van der Waals surface area contributed by atoms with Crippen molar-refractivity contribution in [2.45, 2.75) is 52.1 Å². The van der Waals surface area contributed by atoms with E-state index in [2.05, 4.69) is 21.3 Å². The predicted molar refractivity (Wildman–Crippen MR) is 217 cm³/mol. The highest BCUT2D eigenvalue weighted by Gasteiger charge is 2.33. The molecule has 0 unspecified atom stereocenters. The van der Waals surface area contributed by atoms with E-state index in [1.807, 2.05) is 26.0 Å². The normalized spacial score (nSPS) is 22.0. The summed E-state index contributed by atoms with van der Waals surface area (Å²) in [5.74, 6) is -7.26. The second kappa shape index (κ2) is 25.4. The average Bonchev–Trinajstić information content (AvgIpc) is 3.19. The summed E-state index contributed by atoms with van der Waals surface area (Å²) in [5.41, 5.74) is 0. The van der Waals surface area contributed by atoms with Crippen molar-refractivity contribution in [2.75, 3.05) is 108 Å². The van der Waals surface area contributed by atoms with Crippen LogP contribution in [0.25, 0.3) is 0 Å². The standard InChI is InChI=1S/C38H63N11O11/c1-11-13-14-25(3)15-27-37(59)42-26(12-2)38(60)48(9)23-35(57)44(5)20-30(52)41-18-31(53)43(4)19-29(51)39-16-28(50)40-17-32(54)45(6)21-33(55)46(7)22-34(56)47(8)24-36(58)49(27)10/h11,13,25-27H,12,14-24H2,1-10H3,(H,39,51)(H,40,50)(H,41,52)(H,42,59)/b13-11+/t25-,26+,27+/m1/s1. The second-order valence-electron chi connectivity index (χ2n) is 14.9. The molecule has 22 heteroatoms. The molecule has 0 spiro atoms. The summed E-state index contributed by atoms with van der Waals surface area (Å²) >= 11 is 0. The van der Waals surface area contributed by atoms with Gasteiger partial charge in [0.05, 0.1) is 58.9 Å². The van der Waals surface area contributed by atoms with Crippen LogP contribution in [-0.4, -0.2) is 220 Å². The number of likely N-dealkylation sites (N-methyl/N-ethyl adjacent to an activating group) is 7. The zero-order chi connectivity index (χ0) is 45.9. The monoisotopic (exact) mass is 849 g/mol. The Labute approximate surface area is 351 Å². The van der Waals surface area contributed by atoms with Gasteiger partial charge in [0.2, 0.25) is 65.0 Å². The maximum absolute atomic E-state index is 13.9. The van der Waals surface area contributed by atoms with E-state index in [-0.39, 0.29) is 18.8 Å². The number of nitrogens with one attached hydrogen (secondary N) is 4. The minimum absolute atomic E-state index is 0.0853. The zero-order valence-electron chi connectivity index (χ0n) is 36.5. The topological polar surface area (TPSA) is 259 Å². The molecule has 0 aromatic heterocycles. The van der Waals surface area contributed by atoms with Gasteiger partial charge in [-0.2, -0.15) is 0 Å². The van der Waals surface area contributed by atoms with Crippen molar-refractivity contribution >= 4 is 65.0 Å². The Morgan fingerprint density at radius 1 is 0.550 bits per heavy atom. The molecular weight excluding hydrogens is 786 g/mol. The smallest absolute Gasteiger partial charge is 0.245 e. The molecule has 0 radical (unpaired) electrons. The summed E-state index contributed by atoms with van der Waals surface area (Å²) < 4.78 is 0. The van der Waals surface area contributed by atoms with Crippen LogP contribution in [0.5, 0.6) is 0 Å².